The van der Waals surface area contributed by atoms with Gasteiger partial charge in [-0.1, -0.05) is 25.4 Å². The minimum absolute atomic E-state index is 0.00799. The molecule has 1 N–H and O–H groups in total. The first-order chi connectivity index (χ1) is 18.3. The van der Waals surface area contributed by atoms with Crippen LogP contribution >= 0.6 is 11.6 Å². The monoisotopic (exact) mass is 612 g/mol. The van der Waals surface area contributed by atoms with Crippen LogP contribution in [0.1, 0.15) is 75.1 Å². The number of nitrogens with zero attached hydrogens (tertiary/aromatic N) is 3. The lowest BCUT2D eigenvalue weighted by Gasteiger charge is -2.28. The smallest absolute Gasteiger partial charge is 0.350 e. The van der Waals surface area contributed by atoms with Crippen molar-refractivity contribution < 1.29 is 35.2 Å². The van der Waals surface area contributed by atoms with E-state index in [1.165, 1.54) is 10.9 Å². The van der Waals surface area contributed by atoms with Crippen molar-refractivity contribution in [2.45, 2.75) is 83.7 Å². The van der Waals surface area contributed by atoms with E-state index < -0.39 is 45.2 Å². The number of hydrogen-bond acceptors (Lipinski definition) is 5. The van der Waals surface area contributed by atoms with Crippen LogP contribution in [0.2, 0.25) is 5.02 Å². The summed E-state index contributed by atoms with van der Waals surface area (Å²) in [6.07, 6.45) is -0.655. The normalized spacial score (nSPS) is 19.1. The van der Waals surface area contributed by atoms with Crippen LogP contribution in [0.5, 0.6) is 0 Å². The predicted molar refractivity (Wildman–Crippen MR) is 142 cm³/mol. The highest BCUT2D eigenvalue weighted by Gasteiger charge is 2.47. The van der Waals surface area contributed by atoms with Crippen LogP contribution in [0.25, 0.3) is 11.3 Å². The van der Waals surface area contributed by atoms with Crippen molar-refractivity contribution in [2.24, 2.45) is 11.3 Å². The number of halogens is 6. The second-order valence-electron chi connectivity index (χ2n) is 11.2. The third-order valence-electron chi connectivity index (χ3n) is 7.44. The molecule has 0 aliphatic heterocycles. The van der Waals surface area contributed by atoms with Crippen LogP contribution in [0.3, 0.4) is 0 Å². The Morgan fingerprint density at radius 2 is 1.73 bits per heavy atom. The Balaban J connectivity index is 1.89. The second-order valence-corrected chi connectivity index (χ2v) is 13.9. The summed E-state index contributed by atoms with van der Waals surface area (Å²) in [4.78, 5) is 17.0. The topological polar surface area (TPSA) is 94.0 Å². The predicted octanol–water partition coefficient (Wildman–Crippen LogP) is 6.19. The number of hydrogen-bond donors (Lipinski definition) is 1. The lowest BCUT2D eigenvalue weighted by Crippen LogP contribution is -2.34. The number of aryl methyl sites for hydroxylation is 1. The molecule has 0 unspecified atom stereocenters. The molecule has 0 bridgehead atoms. The Morgan fingerprint density at radius 3 is 2.23 bits per heavy atom. The van der Waals surface area contributed by atoms with Gasteiger partial charge in [0, 0.05) is 55.7 Å². The molecule has 1 aliphatic rings. The zero-order chi connectivity index (χ0) is 30.3. The van der Waals surface area contributed by atoms with Crippen molar-refractivity contribution in [3.05, 3.63) is 34.2 Å². The molecule has 1 fully saturated rings. The van der Waals surface area contributed by atoms with E-state index in [4.69, 9.17) is 11.6 Å². The first-order valence-corrected chi connectivity index (χ1v) is 15.3. The van der Waals surface area contributed by atoms with Crippen LogP contribution < -0.4 is 5.32 Å². The van der Waals surface area contributed by atoms with E-state index in [0.717, 1.165) is 26.1 Å². The molecule has 224 valence electrons. The summed E-state index contributed by atoms with van der Waals surface area (Å²) < 4.78 is 94.6. The quantitative estimate of drug-likeness (QED) is 0.341. The number of carbonyl (C=O) groups excluding carboxylic acids is 1. The molecule has 40 heavy (non-hydrogen) atoms. The Hall–Kier alpha value is -2.28. The van der Waals surface area contributed by atoms with E-state index >= 15 is 0 Å². The highest BCUT2D eigenvalue weighted by molar-refractivity contribution is 7.91. The van der Waals surface area contributed by atoms with Gasteiger partial charge in [0.1, 0.15) is 9.84 Å². The summed E-state index contributed by atoms with van der Waals surface area (Å²) in [5, 5.41) is 6.40. The molecule has 0 atom stereocenters. The van der Waals surface area contributed by atoms with Crippen LogP contribution in [-0.4, -0.2) is 53.3 Å². The summed E-state index contributed by atoms with van der Waals surface area (Å²) >= 11 is 6.52. The average Bonchev–Trinajstić information content (AvgIpc) is 3.17. The molecule has 0 radical (unpaired) electrons. The van der Waals surface area contributed by atoms with E-state index in [1.807, 2.05) is 0 Å². The van der Waals surface area contributed by atoms with Gasteiger partial charge in [-0.05, 0) is 44.6 Å². The molecule has 0 saturated heterocycles. The van der Waals surface area contributed by atoms with Gasteiger partial charge in [-0.25, -0.2) is 17.2 Å². The molecule has 1 amide bonds. The minimum atomic E-state index is -4.57. The van der Waals surface area contributed by atoms with Gasteiger partial charge in [0.25, 0.3) is 11.8 Å². The van der Waals surface area contributed by atoms with E-state index in [9.17, 15) is 35.2 Å². The van der Waals surface area contributed by atoms with Crippen molar-refractivity contribution >= 4 is 27.3 Å². The number of nitrogens with one attached hydrogen (secondary N) is 1. The minimum Gasteiger partial charge on any atom is -0.350 e. The van der Waals surface area contributed by atoms with Crippen LogP contribution in [0.4, 0.5) is 22.0 Å². The maximum atomic E-state index is 14.8. The summed E-state index contributed by atoms with van der Waals surface area (Å²) in [5.74, 6) is -4.02. The van der Waals surface area contributed by atoms with E-state index in [-0.39, 0.29) is 51.9 Å². The van der Waals surface area contributed by atoms with Gasteiger partial charge in [-0.15, -0.1) is 0 Å². The third-order valence-corrected chi connectivity index (χ3v) is 9.48. The first kappa shape index (κ1) is 32.2. The maximum Gasteiger partial charge on any atom is 0.394 e. The molecular weight excluding hydrogens is 579 g/mol. The Bertz CT molecular complexity index is 1350. The molecule has 7 nitrogen and oxygen atoms in total. The molecule has 2 aromatic rings. The number of sulfone groups is 1. The number of rotatable bonds is 9. The highest BCUT2D eigenvalue weighted by atomic mass is 35.5. The molecule has 14 heteroatoms. The molecule has 2 aromatic heterocycles. The number of alkyl halides is 5. The standard InChI is InChI=1S/C26H34ClF5N4O3S/c1-6-36-22(18-14-33-16(11-19(18)25(4,28)29)12-24(2,3)26(30,31)32)20(27)21(35-36)23(37)34-13-15-7-9-17(10-8-15)40(5,38)39/h11,14-15,17H,6-10,12-13H2,1-5H3,(H,34,37)/t15-,17-. The Kier molecular flexibility index (Phi) is 9.30. The Labute approximate surface area is 235 Å². The summed E-state index contributed by atoms with van der Waals surface area (Å²) in [7, 11) is -3.12. The van der Waals surface area contributed by atoms with Gasteiger partial charge in [0.2, 0.25) is 0 Å². The fraction of sp³-hybridized carbons (Fsp3) is 0.654. The zero-order valence-corrected chi connectivity index (χ0v) is 24.6. The lowest BCUT2D eigenvalue weighted by atomic mass is 9.86. The number of carbonyl (C=O) groups is 1. The SMILES string of the molecule is CCn1nc(C(=O)NC[C@H]2CC[C@H](S(C)(=O)=O)CC2)c(Cl)c1-c1cnc(CC(C)(C)C(F)(F)F)cc1C(C)(F)F. The largest absolute Gasteiger partial charge is 0.394 e. The summed E-state index contributed by atoms with van der Waals surface area (Å²) in [5.41, 5.74) is -3.26. The fourth-order valence-electron chi connectivity index (χ4n) is 4.86. The molecule has 3 rings (SSSR count). The average molecular weight is 613 g/mol. The van der Waals surface area contributed by atoms with Crippen molar-refractivity contribution in [1.82, 2.24) is 20.1 Å². The molecular formula is C26H34ClF5N4O3S. The highest BCUT2D eigenvalue weighted by Crippen LogP contribution is 2.43. The van der Waals surface area contributed by atoms with Gasteiger partial charge in [-0.2, -0.15) is 18.3 Å². The van der Waals surface area contributed by atoms with Crippen molar-refractivity contribution in [1.29, 1.82) is 0 Å². The van der Waals surface area contributed by atoms with E-state index in [2.05, 4.69) is 15.4 Å². The fourth-order valence-corrected chi connectivity index (χ4v) is 6.31. The molecule has 1 aliphatic carbocycles. The Morgan fingerprint density at radius 1 is 1.12 bits per heavy atom. The first-order valence-electron chi connectivity index (χ1n) is 12.9. The zero-order valence-electron chi connectivity index (χ0n) is 23.0. The lowest BCUT2D eigenvalue weighted by molar-refractivity contribution is -0.211. The third kappa shape index (κ3) is 7.13. The molecule has 0 aromatic carbocycles. The van der Waals surface area contributed by atoms with Crippen molar-refractivity contribution in [3.8, 4) is 11.3 Å². The van der Waals surface area contributed by atoms with E-state index in [1.54, 1.807) is 6.92 Å². The van der Waals surface area contributed by atoms with Crippen molar-refractivity contribution in [2.75, 3.05) is 12.8 Å². The number of pyridine rings is 1. The van der Waals surface area contributed by atoms with Gasteiger partial charge in [0.15, 0.2) is 5.69 Å². The maximum absolute atomic E-state index is 14.8. The van der Waals surface area contributed by atoms with Crippen LogP contribution in [0, 0.1) is 11.3 Å². The van der Waals surface area contributed by atoms with Gasteiger partial charge < -0.3 is 5.32 Å². The molecule has 2 heterocycles. The van der Waals surface area contributed by atoms with Crippen molar-refractivity contribution in [3.63, 3.8) is 0 Å². The van der Waals surface area contributed by atoms with Gasteiger partial charge >= 0.3 is 6.18 Å². The summed E-state index contributed by atoms with van der Waals surface area (Å²) in [6.45, 7) is 4.66. The van der Waals surface area contributed by atoms with Gasteiger partial charge in [-0.3, -0.25) is 14.5 Å². The summed E-state index contributed by atoms with van der Waals surface area (Å²) in [6, 6.07) is 0.943. The second kappa shape index (κ2) is 11.5. The van der Waals surface area contributed by atoms with Gasteiger partial charge in [0.05, 0.1) is 21.4 Å². The molecule has 0 spiro atoms. The van der Waals surface area contributed by atoms with E-state index in [0.29, 0.717) is 32.6 Å². The van der Waals surface area contributed by atoms with Crippen LogP contribution in [-0.2, 0) is 28.7 Å². The number of aromatic nitrogens is 3. The van der Waals surface area contributed by atoms with Crippen LogP contribution in [0.15, 0.2) is 12.3 Å². The number of amides is 1. The molecule has 1 saturated carbocycles.